The lowest BCUT2D eigenvalue weighted by molar-refractivity contribution is -0.145. The van der Waals surface area contributed by atoms with Crippen LogP contribution in [-0.2, 0) is 4.79 Å². The minimum Gasteiger partial charge on any atom is -0.494 e. The van der Waals surface area contributed by atoms with E-state index in [1.807, 2.05) is 29.2 Å². The number of aliphatic carboxylic acids is 1. The number of carbonyl (C=O) groups is 1. The van der Waals surface area contributed by atoms with Gasteiger partial charge < -0.3 is 9.84 Å². The van der Waals surface area contributed by atoms with Crippen LogP contribution in [0.4, 0.5) is 4.39 Å². The maximum Gasteiger partial charge on any atom is 0.320 e. The first-order valence-corrected chi connectivity index (χ1v) is 10.1. The van der Waals surface area contributed by atoms with Crippen LogP contribution in [0.25, 0.3) is 10.2 Å². The first kappa shape index (κ1) is 18.8. The highest BCUT2D eigenvalue weighted by atomic mass is 32.1. The van der Waals surface area contributed by atoms with E-state index < -0.39 is 23.9 Å². The Hall–Kier alpha value is -2.51. The largest absolute Gasteiger partial charge is 0.494 e. The van der Waals surface area contributed by atoms with Crippen molar-refractivity contribution in [2.45, 2.75) is 31.3 Å². The molecule has 1 aromatic heterocycles. The van der Waals surface area contributed by atoms with Gasteiger partial charge in [0.05, 0.1) is 23.4 Å². The highest BCUT2D eigenvalue weighted by molar-refractivity contribution is 7.18. The second kappa shape index (κ2) is 7.85. The summed E-state index contributed by atoms with van der Waals surface area (Å²) in [6, 6.07) is 11.6. The molecule has 0 radical (unpaired) electrons. The molecular formula is C21H21FN2O3S. The number of benzene rings is 2. The van der Waals surface area contributed by atoms with Crippen LogP contribution in [0.2, 0.25) is 0 Å². The molecular weight excluding hydrogens is 379 g/mol. The SMILES string of the molecule is COc1ccc(C(c2nc3ccccc3s2)N2CCCCC2C(=O)O)cc1F. The Morgan fingerprint density at radius 2 is 2.14 bits per heavy atom. The average Bonchev–Trinajstić information content (AvgIpc) is 3.12. The van der Waals surface area contributed by atoms with E-state index in [1.54, 1.807) is 12.1 Å². The van der Waals surface area contributed by atoms with E-state index in [2.05, 4.69) is 0 Å². The van der Waals surface area contributed by atoms with Crippen molar-refractivity contribution in [1.29, 1.82) is 0 Å². The van der Waals surface area contributed by atoms with Crippen molar-refractivity contribution in [3.05, 3.63) is 58.9 Å². The van der Waals surface area contributed by atoms with Crippen molar-refractivity contribution >= 4 is 27.5 Å². The van der Waals surface area contributed by atoms with Crippen LogP contribution in [0.1, 0.15) is 35.9 Å². The fourth-order valence-electron chi connectivity index (χ4n) is 3.86. The molecule has 2 unspecified atom stereocenters. The molecule has 0 saturated carbocycles. The second-order valence-electron chi connectivity index (χ2n) is 6.90. The lowest BCUT2D eigenvalue weighted by Gasteiger charge is -2.38. The summed E-state index contributed by atoms with van der Waals surface area (Å²) >= 11 is 1.52. The number of rotatable bonds is 5. The van der Waals surface area contributed by atoms with Gasteiger partial charge in [-0.25, -0.2) is 9.37 Å². The van der Waals surface area contributed by atoms with Gasteiger partial charge in [0, 0.05) is 6.54 Å². The molecule has 1 aliphatic rings. The van der Waals surface area contributed by atoms with E-state index in [9.17, 15) is 14.3 Å². The molecule has 1 N–H and O–H groups in total. The second-order valence-corrected chi connectivity index (χ2v) is 7.97. The van der Waals surface area contributed by atoms with Crippen molar-refractivity contribution in [1.82, 2.24) is 9.88 Å². The van der Waals surface area contributed by atoms with Gasteiger partial charge >= 0.3 is 5.97 Å². The standard InChI is InChI=1S/C21H21FN2O3S/c1-27-17-10-9-13(12-14(17)22)19(24-11-5-4-7-16(24)21(25)26)20-23-15-6-2-3-8-18(15)28-20/h2-3,6,8-10,12,16,19H,4-5,7,11H2,1H3,(H,25,26). The molecule has 1 saturated heterocycles. The van der Waals surface area contributed by atoms with Crippen LogP contribution in [-0.4, -0.2) is 40.7 Å². The molecule has 1 aliphatic heterocycles. The van der Waals surface area contributed by atoms with Gasteiger partial charge in [-0.3, -0.25) is 9.69 Å². The fourth-order valence-corrected chi connectivity index (χ4v) is 4.98. The van der Waals surface area contributed by atoms with Crippen molar-refractivity contribution in [3.8, 4) is 5.75 Å². The van der Waals surface area contributed by atoms with Gasteiger partial charge in [0.2, 0.25) is 0 Å². The molecule has 2 atom stereocenters. The molecule has 0 bridgehead atoms. The van der Waals surface area contributed by atoms with Crippen LogP contribution >= 0.6 is 11.3 Å². The number of carboxylic acids is 1. The summed E-state index contributed by atoms with van der Waals surface area (Å²) in [5.41, 5.74) is 1.55. The summed E-state index contributed by atoms with van der Waals surface area (Å²) in [4.78, 5) is 18.6. The molecule has 3 aromatic rings. The molecule has 2 aromatic carbocycles. The molecule has 7 heteroatoms. The Morgan fingerprint density at radius 3 is 2.86 bits per heavy atom. The lowest BCUT2D eigenvalue weighted by atomic mass is 9.96. The fraction of sp³-hybridized carbons (Fsp3) is 0.333. The van der Waals surface area contributed by atoms with Crippen molar-refractivity contribution in [3.63, 3.8) is 0 Å². The van der Waals surface area contributed by atoms with Gasteiger partial charge in [-0.05, 0) is 42.7 Å². The van der Waals surface area contributed by atoms with E-state index >= 15 is 0 Å². The molecule has 2 heterocycles. The van der Waals surface area contributed by atoms with Gasteiger partial charge in [0.25, 0.3) is 0 Å². The number of para-hydroxylation sites is 1. The molecule has 1 fully saturated rings. The van der Waals surface area contributed by atoms with E-state index in [-0.39, 0.29) is 5.75 Å². The maximum absolute atomic E-state index is 14.5. The van der Waals surface area contributed by atoms with E-state index in [0.717, 1.165) is 28.1 Å². The molecule has 5 nitrogen and oxygen atoms in total. The third kappa shape index (κ3) is 3.47. The number of nitrogens with zero attached hydrogens (tertiary/aromatic N) is 2. The monoisotopic (exact) mass is 400 g/mol. The number of hydrogen-bond acceptors (Lipinski definition) is 5. The molecule has 28 heavy (non-hydrogen) atoms. The van der Waals surface area contributed by atoms with Gasteiger partial charge in [-0.2, -0.15) is 0 Å². The number of likely N-dealkylation sites (tertiary alicyclic amines) is 1. The van der Waals surface area contributed by atoms with Crippen LogP contribution in [0.15, 0.2) is 42.5 Å². The van der Waals surface area contributed by atoms with E-state index in [1.165, 1.54) is 24.5 Å². The highest BCUT2D eigenvalue weighted by Crippen LogP contribution is 2.38. The predicted molar refractivity (Wildman–Crippen MR) is 106 cm³/mol. The van der Waals surface area contributed by atoms with E-state index in [0.29, 0.717) is 18.5 Å². The van der Waals surface area contributed by atoms with E-state index in [4.69, 9.17) is 9.72 Å². The van der Waals surface area contributed by atoms with Crippen molar-refractivity contribution in [2.24, 2.45) is 0 Å². The number of aromatic nitrogens is 1. The number of thiazole rings is 1. The number of piperidine rings is 1. The number of halogens is 1. The molecule has 0 amide bonds. The molecule has 0 aliphatic carbocycles. The Balaban J connectivity index is 1.84. The minimum absolute atomic E-state index is 0.167. The molecule has 0 spiro atoms. The summed E-state index contributed by atoms with van der Waals surface area (Å²) in [7, 11) is 1.42. The summed E-state index contributed by atoms with van der Waals surface area (Å²) in [6.45, 7) is 0.630. The maximum atomic E-state index is 14.5. The zero-order chi connectivity index (χ0) is 19.7. The number of methoxy groups -OCH3 is 1. The van der Waals surface area contributed by atoms with Crippen LogP contribution in [0.5, 0.6) is 5.75 Å². The molecule has 146 valence electrons. The van der Waals surface area contributed by atoms with Gasteiger partial charge in [0.1, 0.15) is 11.0 Å². The van der Waals surface area contributed by atoms with Crippen LogP contribution in [0, 0.1) is 5.82 Å². The Bertz CT molecular complexity index is 973. The van der Waals surface area contributed by atoms with Gasteiger partial charge in [-0.15, -0.1) is 11.3 Å². The topological polar surface area (TPSA) is 62.7 Å². The average molecular weight is 400 g/mol. The number of fused-ring (bicyclic) bond motifs is 1. The minimum atomic E-state index is -0.847. The normalized spacial score (nSPS) is 18.9. The predicted octanol–water partition coefficient (Wildman–Crippen LogP) is 4.47. The summed E-state index contributed by atoms with van der Waals surface area (Å²) in [5, 5.41) is 10.6. The Labute approximate surface area is 166 Å². The highest BCUT2D eigenvalue weighted by Gasteiger charge is 2.36. The lowest BCUT2D eigenvalue weighted by Crippen LogP contribution is -2.46. The number of ether oxygens (including phenoxy) is 1. The number of hydrogen-bond donors (Lipinski definition) is 1. The smallest absolute Gasteiger partial charge is 0.320 e. The molecule has 4 rings (SSSR count). The summed E-state index contributed by atoms with van der Waals surface area (Å²) < 4.78 is 20.5. The van der Waals surface area contributed by atoms with Crippen LogP contribution in [0.3, 0.4) is 0 Å². The first-order chi connectivity index (χ1) is 13.6. The van der Waals surface area contributed by atoms with Crippen molar-refractivity contribution < 1.29 is 19.0 Å². The van der Waals surface area contributed by atoms with Crippen LogP contribution < -0.4 is 4.74 Å². The summed E-state index contributed by atoms with van der Waals surface area (Å²) in [5.74, 6) is -1.14. The quantitative estimate of drug-likeness (QED) is 0.685. The third-order valence-corrected chi connectivity index (χ3v) is 6.29. The third-order valence-electron chi connectivity index (χ3n) is 5.20. The first-order valence-electron chi connectivity index (χ1n) is 9.26. The zero-order valence-corrected chi connectivity index (χ0v) is 16.3. The van der Waals surface area contributed by atoms with Gasteiger partial charge in [0.15, 0.2) is 11.6 Å². The van der Waals surface area contributed by atoms with Crippen molar-refractivity contribution in [2.75, 3.05) is 13.7 Å². The zero-order valence-electron chi connectivity index (χ0n) is 15.5. The number of carboxylic acid groups (broad SMARTS) is 1. The van der Waals surface area contributed by atoms with Gasteiger partial charge in [-0.1, -0.05) is 24.6 Å². The Morgan fingerprint density at radius 1 is 1.32 bits per heavy atom. The Kier molecular flexibility index (Phi) is 5.28. The summed E-state index contributed by atoms with van der Waals surface area (Å²) in [6.07, 6.45) is 2.36.